The summed E-state index contributed by atoms with van der Waals surface area (Å²) in [5.41, 5.74) is 1.49. The Balaban J connectivity index is 1.99. The fraction of sp³-hybridized carbons (Fsp3) is 0.222. The summed E-state index contributed by atoms with van der Waals surface area (Å²) >= 11 is 0. The summed E-state index contributed by atoms with van der Waals surface area (Å²) in [4.78, 5) is 13.9. The Morgan fingerprint density at radius 1 is 1.18 bits per heavy atom. The Kier molecular flexibility index (Phi) is 5.16. The van der Waals surface area contributed by atoms with Crippen LogP contribution in [0.4, 0.5) is 0 Å². The average Bonchev–Trinajstić information content (AvgIpc) is 2.59. The van der Waals surface area contributed by atoms with Crippen molar-refractivity contribution < 1.29 is 9.53 Å². The van der Waals surface area contributed by atoms with E-state index in [-0.39, 0.29) is 18.6 Å². The average molecular weight is 294 g/mol. The third-order valence-corrected chi connectivity index (χ3v) is 3.61. The predicted octanol–water partition coefficient (Wildman–Crippen LogP) is 3.16. The van der Waals surface area contributed by atoms with E-state index in [1.165, 1.54) is 0 Å². The van der Waals surface area contributed by atoms with E-state index in [1.807, 2.05) is 43.3 Å². The topological polar surface area (TPSA) is 53.3 Å². The van der Waals surface area contributed by atoms with E-state index in [2.05, 4.69) is 0 Å². The van der Waals surface area contributed by atoms with Gasteiger partial charge >= 0.3 is 0 Å². The normalized spacial score (nSPS) is 11.3. The third kappa shape index (κ3) is 3.64. The maximum absolute atomic E-state index is 12.2. The number of carbonyl (C=O) groups excluding carboxylic acids is 1. The number of hydrogen-bond acceptors (Lipinski definition) is 3. The minimum absolute atomic E-state index is 0.0384. The molecule has 1 atom stereocenters. The van der Waals surface area contributed by atoms with E-state index in [9.17, 15) is 4.79 Å². The van der Waals surface area contributed by atoms with Gasteiger partial charge < -0.3 is 9.64 Å². The number of carbonyl (C=O) groups is 1. The first kappa shape index (κ1) is 15.6. The predicted molar refractivity (Wildman–Crippen MR) is 84.3 cm³/mol. The van der Waals surface area contributed by atoms with Crippen molar-refractivity contribution >= 4 is 5.91 Å². The largest absolute Gasteiger partial charge is 0.482 e. The number of likely N-dealkylation sites (N-methyl/N-ethyl adjacent to an activating group) is 1. The number of hydrogen-bond donors (Lipinski definition) is 0. The summed E-state index contributed by atoms with van der Waals surface area (Å²) in [7, 11) is 1.75. The molecule has 0 saturated heterocycles. The van der Waals surface area contributed by atoms with E-state index >= 15 is 0 Å². The fourth-order valence-electron chi connectivity index (χ4n) is 2.10. The summed E-state index contributed by atoms with van der Waals surface area (Å²) in [5.74, 6) is 0.295. The van der Waals surface area contributed by atoms with Gasteiger partial charge in [0.2, 0.25) is 0 Å². The van der Waals surface area contributed by atoms with E-state index in [0.717, 1.165) is 5.56 Å². The molecule has 0 aliphatic heterocycles. The van der Waals surface area contributed by atoms with Crippen molar-refractivity contribution in [1.82, 2.24) is 4.90 Å². The number of benzene rings is 2. The molecule has 2 aromatic carbocycles. The van der Waals surface area contributed by atoms with Crippen molar-refractivity contribution in [2.45, 2.75) is 13.0 Å². The van der Waals surface area contributed by atoms with Crippen LogP contribution >= 0.6 is 0 Å². The lowest BCUT2D eigenvalue weighted by atomic mass is 10.1. The molecule has 1 unspecified atom stereocenters. The smallest absolute Gasteiger partial charge is 0.260 e. The Hall–Kier alpha value is -2.80. The van der Waals surface area contributed by atoms with Crippen molar-refractivity contribution in [1.29, 1.82) is 5.26 Å². The van der Waals surface area contributed by atoms with Crippen molar-refractivity contribution in [3.8, 4) is 11.8 Å². The number of nitriles is 1. The molecule has 0 fully saturated rings. The Bertz CT molecular complexity index is 677. The van der Waals surface area contributed by atoms with Gasteiger partial charge in [0.15, 0.2) is 6.61 Å². The van der Waals surface area contributed by atoms with Crippen LogP contribution in [0.5, 0.6) is 5.75 Å². The fourth-order valence-corrected chi connectivity index (χ4v) is 2.10. The summed E-state index contributed by atoms with van der Waals surface area (Å²) in [6.45, 7) is 1.88. The Morgan fingerprint density at radius 3 is 2.50 bits per heavy atom. The number of rotatable bonds is 5. The summed E-state index contributed by atoms with van der Waals surface area (Å²) in [6.07, 6.45) is 0. The van der Waals surface area contributed by atoms with Crippen LogP contribution in [0.25, 0.3) is 0 Å². The van der Waals surface area contributed by atoms with E-state index in [0.29, 0.717) is 11.3 Å². The molecule has 112 valence electrons. The van der Waals surface area contributed by atoms with Crippen LogP contribution in [-0.4, -0.2) is 24.5 Å². The van der Waals surface area contributed by atoms with Gasteiger partial charge in [0.25, 0.3) is 5.91 Å². The molecular weight excluding hydrogens is 276 g/mol. The van der Waals surface area contributed by atoms with Crippen LogP contribution in [0.15, 0.2) is 54.6 Å². The molecule has 0 aromatic heterocycles. The second-order valence-corrected chi connectivity index (χ2v) is 4.99. The zero-order valence-corrected chi connectivity index (χ0v) is 12.7. The summed E-state index contributed by atoms with van der Waals surface area (Å²) < 4.78 is 5.48. The molecule has 0 aliphatic carbocycles. The molecule has 2 rings (SSSR count). The highest BCUT2D eigenvalue weighted by Crippen LogP contribution is 2.20. The standard InChI is InChI=1S/C18H18N2O2/c1-14(15-8-4-3-5-9-15)20(2)18(21)13-22-17-11-7-6-10-16(17)12-19/h3-11,14H,13H2,1-2H3. The summed E-state index contributed by atoms with van der Waals surface area (Å²) in [5, 5.41) is 9.00. The van der Waals surface area contributed by atoms with Gasteiger partial charge in [0.05, 0.1) is 11.6 Å². The minimum atomic E-state index is -0.135. The van der Waals surface area contributed by atoms with Crippen LogP contribution < -0.4 is 4.74 Å². The highest BCUT2D eigenvalue weighted by molar-refractivity contribution is 5.78. The van der Waals surface area contributed by atoms with Gasteiger partial charge in [-0.25, -0.2) is 0 Å². The molecule has 0 bridgehead atoms. The van der Waals surface area contributed by atoms with Gasteiger partial charge in [0.1, 0.15) is 11.8 Å². The molecule has 4 heteroatoms. The van der Waals surface area contributed by atoms with Gasteiger partial charge in [-0.2, -0.15) is 5.26 Å². The molecule has 0 aliphatic rings. The van der Waals surface area contributed by atoms with Crippen molar-refractivity contribution in [2.24, 2.45) is 0 Å². The van der Waals surface area contributed by atoms with Gasteiger partial charge in [-0.15, -0.1) is 0 Å². The lowest BCUT2D eigenvalue weighted by Crippen LogP contribution is -2.33. The van der Waals surface area contributed by atoms with Crippen molar-refractivity contribution in [2.75, 3.05) is 13.7 Å². The molecule has 0 spiro atoms. The molecule has 2 aromatic rings. The maximum Gasteiger partial charge on any atom is 0.260 e. The molecular formula is C18H18N2O2. The molecule has 0 heterocycles. The lowest BCUT2D eigenvalue weighted by Gasteiger charge is -2.25. The van der Waals surface area contributed by atoms with Crippen LogP contribution in [-0.2, 0) is 4.79 Å². The van der Waals surface area contributed by atoms with Gasteiger partial charge in [-0.05, 0) is 24.6 Å². The highest BCUT2D eigenvalue weighted by atomic mass is 16.5. The van der Waals surface area contributed by atoms with Crippen molar-refractivity contribution in [3.63, 3.8) is 0 Å². The second kappa shape index (κ2) is 7.28. The van der Waals surface area contributed by atoms with E-state index in [4.69, 9.17) is 10.00 Å². The molecule has 22 heavy (non-hydrogen) atoms. The van der Waals surface area contributed by atoms with E-state index in [1.54, 1.807) is 36.2 Å². The van der Waals surface area contributed by atoms with Crippen LogP contribution in [0, 0.1) is 11.3 Å². The molecule has 0 N–H and O–H groups in total. The second-order valence-electron chi connectivity index (χ2n) is 4.99. The number of ether oxygens (including phenoxy) is 1. The number of nitrogens with zero attached hydrogens (tertiary/aromatic N) is 2. The summed E-state index contributed by atoms with van der Waals surface area (Å²) in [6, 6.07) is 18.7. The highest BCUT2D eigenvalue weighted by Gasteiger charge is 2.18. The first-order valence-electron chi connectivity index (χ1n) is 7.06. The SMILES string of the molecule is CC(c1ccccc1)N(C)C(=O)COc1ccccc1C#N. The third-order valence-electron chi connectivity index (χ3n) is 3.61. The minimum Gasteiger partial charge on any atom is -0.482 e. The van der Waals surface area contributed by atoms with Crippen molar-refractivity contribution in [3.05, 3.63) is 65.7 Å². The van der Waals surface area contributed by atoms with E-state index < -0.39 is 0 Å². The molecule has 0 saturated carbocycles. The number of amides is 1. The molecule has 0 radical (unpaired) electrons. The lowest BCUT2D eigenvalue weighted by molar-refractivity contribution is -0.134. The van der Waals surface area contributed by atoms with Gasteiger partial charge in [-0.3, -0.25) is 4.79 Å². The van der Waals surface area contributed by atoms with Gasteiger partial charge in [-0.1, -0.05) is 42.5 Å². The van der Waals surface area contributed by atoms with Gasteiger partial charge in [0, 0.05) is 7.05 Å². The maximum atomic E-state index is 12.2. The molecule has 4 nitrogen and oxygen atoms in total. The number of para-hydroxylation sites is 1. The Morgan fingerprint density at radius 2 is 1.82 bits per heavy atom. The monoisotopic (exact) mass is 294 g/mol. The zero-order chi connectivity index (χ0) is 15.9. The zero-order valence-electron chi connectivity index (χ0n) is 12.7. The first-order valence-corrected chi connectivity index (χ1v) is 7.06. The first-order chi connectivity index (χ1) is 10.6. The van der Waals surface area contributed by atoms with Crippen LogP contribution in [0.1, 0.15) is 24.1 Å². The van der Waals surface area contributed by atoms with Crippen LogP contribution in [0.2, 0.25) is 0 Å². The molecule has 1 amide bonds. The quantitative estimate of drug-likeness (QED) is 0.851. The Labute approximate surface area is 130 Å². The van der Waals surface area contributed by atoms with Crippen LogP contribution in [0.3, 0.4) is 0 Å².